The number of fused-ring (bicyclic) bond motifs is 1. The fraction of sp³-hybridized carbons (Fsp3) is 0.455. The zero-order chi connectivity index (χ0) is 22.0. The first kappa shape index (κ1) is 22.0. The highest BCUT2D eigenvalue weighted by atomic mass is 32.2. The van der Waals surface area contributed by atoms with Gasteiger partial charge in [-0.05, 0) is 36.4 Å². The molecule has 4 rings (SSSR count). The van der Waals surface area contributed by atoms with Gasteiger partial charge in [-0.1, -0.05) is 6.07 Å². The van der Waals surface area contributed by atoms with E-state index in [4.69, 9.17) is 9.47 Å². The monoisotopic (exact) mass is 449 g/mol. The molecule has 0 N–H and O–H groups in total. The largest absolute Gasteiger partial charge is 0.496 e. The molecule has 2 heterocycles. The molecule has 0 amide bonds. The maximum atomic E-state index is 13.2. The van der Waals surface area contributed by atoms with E-state index in [1.165, 1.54) is 23.5 Å². The summed E-state index contributed by atoms with van der Waals surface area (Å²) in [5, 5.41) is 0. The minimum absolute atomic E-state index is 0.237. The number of ether oxygens (including phenoxy) is 2. The number of hydrogen-bond donors (Lipinski definition) is 0. The molecule has 0 spiro atoms. The van der Waals surface area contributed by atoms with Crippen LogP contribution in [0.15, 0.2) is 47.4 Å². The van der Waals surface area contributed by atoms with Crippen molar-refractivity contribution in [3.63, 3.8) is 0 Å². The van der Waals surface area contributed by atoms with Gasteiger partial charge in [0.05, 0.1) is 12.0 Å². The van der Waals surface area contributed by atoms with E-state index in [9.17, 15) is 12.8 Å². The summed E-state index contributed by atoms with van der Waals surface area (Å²) in [7, 11) is -0.493. The molecule has 0 bridgehead atoms. The molecule has 0 radical (unpaired) electrons. The van der Waals surface area contributed by atoms with Gasteiger partial charge in [0, 0.05) is 64.2 Å². The minimum atomic E-state index is -3.62. The molecule has 2 aliphatic rings. The molecule has 2 aromatic carbocycles. The van der Waals surface area contributed by atoms with Gasteiger partial charge in [0.1, 0.15) is 17.7 Å². The second-order valence-electron chi connectivity index (χ2n) is 7.76. The Hall–Kier alpha value is -2.20. The smallest absolute Gasteiger partial charge is 0.243 e. The molecule has 9 heteroatoms. The van der Waals surface area contributed by atoms with Crippen LogP contribution in [0.25, 0.3) is 0 Å². The van der Waals surface area contributed by atoms with Crippen LogP contribution in [0.3, 0.4) is 0 Å². The summed E-state index contributed by atoms with van der Waals surface area (Å²) >= 11 is 0. The number of anilines is 1. The van der Waals surface area contributed by atoms with Crippen LogP contribution in [0.1, 0.15) is 11.7 Å². The second kappa shape index (κ2) is 9.12. The molecule has 0 saturated carbocycles. The van der Waals surface area contributed by atoms with Gasteiger partial charge in [0.25, 0.3) is 0 Å². The van der Waals surface area contributed by atoms with Crippen molar-refractivity contribution in [1.82, 2.24) is 9.21 Å². The van der Waals surface area contributed by atoms with E-state index in [2.05, 4.69) is 9.80 Å². The van der Waals surface area contributed by atoms with Crippen LogP contribution >= 0.6 is 0 Å². The van der Waals surface area contributed by atoms with Crippen molar-refractivity contribution in [3.05, 3.63) is 53.8 Å². The van der Waals surface area contributed by atoms with Crippen molar-refractivity contribution in [3.8, 4) is 5.75 Å². The molecular formula is C22H28FN3O4S. The van der Waals surface area contributed by atoms with Gasteiger partial charge in [-0.25, -0.2) is 12.8 Å². The molecule has 0 aromatic heterocycles. The van der Waals surface area contributed by atoms with Crippen molar-refractivity contribution in [2.24, 2.45) is 0 Å². The summed E-state index contributed by atoms with van der Waals surface area (Å²) in [6.07, 6.45) is -0.370. The van der Waals surface area contributed by atoms with Gasteiger partial charge in [0.15, 0.2) is 0 Å². The van der Waals surface area contributed by atoms with Gasteiger partial charge in [-0.15, -0.1) is 0 Å². The predicted octanol–water partition coefficient (Wildman–Crippen LogP) is 2.35. The zero-order valence-corrected chi connectivity index (χ0v) is 18.6. The second-order valence-corrected chi connectivity index (χ2v) is 9.67. The first-order valence-corrected chi connectivity index (χ1v) is 11.8. The number of piperazine rings is 1. The van der Waals surface area contributed by atoms with Crippen LogP contribution in [-0.4, -0.2) is 77.7 Å². The fourth-order valence-corrected chi connectivity index (χ4v) is 5.99. The number of sulfonamides is 1. The SMILES string of the molecule is COc1cccc2c1C(OC)CN(CCN1CCN(c3ccc(F)cc3)CC1)S2(=O)=O. The van der Waals surface area contributed by atoms with Crippen LogP contribution in [-0.2, 0) is 14.8 Å². The van der Waals surface area contributed by atoms with Crippen molar-refractivity contribution in [2.45, 2.75) is 11.0 Å². The topological polar surface area (TPSA) is 62.3 Å². The molecule has 2 aromatic rings. The first-order valence-electron chi connectivity index (χ1n) is 10.4. The number of rotatable bonds is 6. The Morgan fingerprint density at radius 3 is 2.35 bits per heavy atom. The molecule has 7 nitrogen and oxygen atoms in total. The van der Waals surface area contributed by atoms with Gasteiger partial charge in [-0.3, -0.25) is 4.90 Å². The number of benzene rings is 2. The Morgan fingerprint density at radius 2 is 1.71 bits per heavy atom. The lowest BCUT2D eigenvalue weighted by molar-refractivity contribution is 0.0731. The summed E-state index contributed by atoms with van der Waals surface area (Å²) in [6.45, 7) is 4.59. The Balaban J connectivity index is 1.40. The third kappa shape index (κ3) is 4.41. The number of nitrogens with zero attached hydrogens (tertiary/aromatic N) is 3. The van der Waals surface area contributed by atoms with Crippen LogP contribution in [0.4, 0.5) is 10.1 Å². The molecule has 31 heavy (non-hydrogen) atoms. The maximum Gasteiger partial charge on any atom is 0.243 e. The van der Waals surface area contributed by atoms with E-state index in [1.807, 2.05) is 0 Å². The van der Waals surface area contributed by atoms with E-state index in [1.54, 1.807) is 37.4 Å². The minimum Gasteiger partial charge on any atom is -0.496 e. The Bertz CT molecular complexity index is 1010. The van der Waals surface area contributed by atoms with E-state index in [0.29, 0.717) is 24.4 Å². The van der Waals surface area contributed by atoms with Gasteiger partial charge >= 0.3 is 0 Å². The highest BCUT2D eigenvalue weighted by Crippen LogP contribution is 2.39. The fourth-order valence-electron chi connectivity index (χ4n) is 4.30. The van der Waals surface area contributed by atoms with E-state index < -0.39 is 10.0 Å². The van der Waals surface area contributed by atoms with Gasteiger partial charge in [-0.2, -0.15) is 4.31 Å². The standard InChI is InChI=1S/C22H28FN3O4S/c1-29-19-4-3-5-21-22(19)20(30-2)16-26(31(21,27)28)15-12-24-10-13-25(14-11-24)18-8-6-17(23)7-9-18/h3-9,20H,10-16H2,1-2H3. The highest BCUT2D eigenvalue weighted by Gasteiger charge is 2.39. The Labute approximate surface area is 183 Å². The summed E-state index contributed by atoms with van der Waals surface area (Å²) in [6, 6.07) is 11.6. The highest BCUT2D eigenvalue weighted by molar-refractivity contribution is 7.89. The average Bonchev–Trinajstić information content (AvgIpc) is 2.79. The van der Waals surface area contributed by atoms with Crippen molar-refractivity contribution >= 4 is 15.7 Å². The summed E-state index contributed by atoms with van der Waals surface area (Å²) in [4.78, 5) is 4.74. The lowest BCUT2D eigenvalue weighted by Gasteiger charge is -2.38. The van der Waals surface area contributed by atoms with E-state index in [0.717, 1.165) is 31.9 Å². The van der Waals surface area contributed by atoms with Crippen LogP contribution in [0.5, 0.6) is 5.75 Å². The lowest BCUT2D eigenvalue weighted by atomic mass is 10.1. The number of methoxy groups -OCH3 is 2. The molecule has 1 unspecified atom stereocenters. The van der Waals surface area contributed by atoms with Crippen LogP contribution in [0.2, 0.25) is 0 Å². The van der Waals surface area contributed by atoms with Gasteiger partial charge < -0.3 is 14.4 Å². The van der Waals surface area contributed by atoms with Crippen LogP contribution < -0.4 is 9.64 Å². The summed E-state index contributed by atoms with van der Waals surface area (Å²) in [5.74, 6) is 0.295. The van der Waals surface area contributed by atoms with Crippen molar-refractivity contribution < 1.29 is 22.3 Å². The number of halogens is 1. The average molecular weight is 450 g/mol. The number of hydrogen-bond acceptors (Lipinski definition) is 6. The normalized spacial score (nSPS) is 21.6. The molecule has 1 saturated heterocycles. The maximum absolute atomic E-state index is 13.2. The predicted molar refractivity (Wildman–Crippen MR) is 117 cm³/mol. The van der Waals surface area contributed by atoms with E-state index in [-0.39, 0.29) is 23.4 Å². The lowest BCUT2D eigenvalue weighted by Crippen LogP contribution is -2.50. The van der Waals surface area contributed by atoms with Crippen molar-refractivity contribution in [2.75, 3.05) is 64.9 Å². The summed E-state index contributed by atoms with van der Waals surface area (Å²) < 4.78 is 52.1. The van der Waals surface area contributed by atoms with E-state index >= 15 is 0 Å². The van der Waals surface area contributed by atoms with Crippen molar-refractivity contribution in [1.29, 1.82) is 0 Å². The molecular weight excluding hydrogens is 421 g/mol. The molecule has 0 aliphatic carbocycles. The van der Waals surface area contributed by atoms with Crippen LogP contribution in [0, 0.1) is 5.82 Å². The third-order valence-corrected chi connectivity index (χ3v) is 7.99. The Morgan fingerprint density at radius 1 is 1.00 bits per heavy atom. The quantitative estimate of drug-likeness (QED) is 0.675. The summed E-state index contributed by atoms with van der Waals surface area (Å²) in [5.41, 5.74) is 1.60. The molecule has 1 fully saturated rings. The zero-order valence-electron chi connectivity index (χ0n) is 17.8. The molecule has 2 aliphatic heterocycles. The molecule has 168 valence electrons. The first-order chi connectivity index (χ1) is 14.9. The third-order valence-electron chi connectivity index (χ3n) is 6.07. The molecule has 1 atom stereocenters. The Kier molecular flexibility index (Phi) is 6.47. The van der Waals surface area contributed by atoms with Gasteiger partial charge in [0.2, 0.25) is 10.0 Å².